The molecule has 0 saturated carbocycles. The molecule has 104 valence electrons. The van der Waals surface area contributed by atoms with Crippen molar-refractivity contribution in [1.82, 2.24) is 0 Å². The van der Waals surface area contributed by atoms with Gasteiger partial charge >= 0.3 is 0 Å². The topological polar surface area (TPSA) is 38.5 Å². The second-order valence-corrected chi connectivity index (χ2v) is 5.81. The summed E-state index contributed by atoms with van der Waals surface area (Å²) in [6, 6.07) is 8.80. The van der Waals surface area contributed by atoms with Crippen LogP contribution < -0.4 is 10.6 Å². The number of fused-ring (bicyclic) bond motifs is 1. The minimum atomic E-state index is -0.0134. The number of rotatable bonds is 2. The van der Waals surface area contributed by atoms with Crippen molar-refractivity contribution in [1.29, 1.82) is 0 Å². The summed E-state index contributed by atoms with van der Waals surface area (Å²) in [5, 5.41) is 0. The van der Waals surface area contributed by atoms with Crippen LogP contribution in [0.1, 0.15) is 31.7 Å². The molecule has 2 aliphatic rings. The Kier molecular flexibility index (Phi) is 3.50. The lowest BCUT2D eigenvalue weighted by molar-refractivity contribution is 0.0946. The van der Waals surface area contributed by atoms with E-state index in [2.05, 4.69) is 36.1 Å². The van der Waals surface area contributed by atoms with E-state index in [-0.39, 0.29) is 11.6 Å². The van der Waals surface area contributed by atoms with Crippen LogP contribution in [-0.4, -0.2) is 31.3 Å². The van der Waals surface area contributed by atoms with Gasteiger partial charge < -0.3 is 15.4 Å². The molecular weight excluding hydrogens is 236 g/mol. The average Bonchev–Trinajstić information content (AvgIpc) is 2.69. The number of benzene rings is 1. The van der Waals surface area contributed by atoms with E-state index in [9.17, 15) is 0 Å². The Labute approximate surface area is 115 Å². The Hall–Kier alpha value is -1.06. The summed E-state index contributed by atoms with van der Waals surface area (Å²) in [5.41, 5.74) is 9.01. The lowest BCUT2D eigenvalue weighted by Gasteiger charge is -2.44. The summed E-state index contributed by atoms with van der Waals surface area (Å²) in [4.78, 5) is 2.55. The van der Waals surface area contributed by atoms with Gasteiger partial charge in [-0.3, -0.25) is 0 Å². The Morgan fingerprint density at radius 1 is 1.37 bits per heavy atom. The van der Waals surface area contributed by atoms with E-state index < -0.39 is 0 Å². The number of hydrogen-bond donors (Lipinski definition) is 1. The smallest absolute Gasteiger partial charge is 0.0804 e. The fourth-order valence-corrected chi connectivity index (χ4v) is 3.66. The van der Waals surface area contributed by atoms with Gasteiger partial charge in [0.25, 0.3) is 0 Å². The van der Waals surface area contributed by atoms with Gasteiger partial charge in [-0.25, -0.2) is 0 Å². The first-order chi connectivity index (χ1) is 9.28. The van der Waals surface area contributed by atoms with Crippen molar-refractivity contribution >= 4 is 5.69 Å². The number of hydrogen-bond acceptors (Lipinski definition) is 3. The zero-order valence-electron chi connectivity index (χ0n) is 11.8. The zero-order chi connectivity index (χ0) is 13.3. The molecule has 2 atom stereocenters. The van der Waals surface area contributed by atoms with E-state index in [1.54, 1.807) is 0 Å². The maximum absolute atomic E-state index is 6.18. The fourth-order valence-electron chi connectivity index (χ4n) is 3.66. The third-order valence-electron chi connectivity index (χ3n) is 4.91. The highest BCUT2D eigenvalue weighted by molar-refractivity contribution is 5.57. The number of aryl methyl sites for hydroxylation is 1. The largest absolute Gasteiger partial charge is 0.376 e. The van der Waals surface area contributed by atoms with E-state index in [1.807, 2.05) is 0 Å². The molecule has 19 heavy (non-hydrogen) atoms. The standard InChI is InChI=1S/C16H24N2O/c1-13-16(12-17,9-11-19-13)18-10-5-4-7-14-6-2-3-8-15(14)18/h2-3,6,8,13H,4-5,7,9-12,17H2,1H3. The van der Waals surface area contributed by atoms with Crippen LogP contribution in [0, 0.1) is 0 Å². The number of ether oxygens (including phenoxy) is 1. The van der Waals surface area contributed by atoms with Gasteiger partial charge in [-0.15, -0.1) is 0 Å². The monoisotopic (exact) mass is 260 g/mol. The predicted octanol–water partition coefficient (Wildman–Crippen LogP) is 2.34. The van der Waals surface area contributed by atoms with Crippen molar-refractivity contribution in [3.8, 4) is 0 Å². The summed E-state index contributed by atoms with van der Waals surface area (Å²) in [6.45, 7) is 4.77. The first kappa shape index (κ1) is 12.9. The van der Waals surface area contributed by atoms with Crippen molar-refractivity contribution in [3.63, 3.8) is 0 Å². The van der Waals surface area contributed by atoms with Gasteiger partial charge in [0.1, 0.15) is 0 Å². The molecule has 3 rings (SSSR count). The van der Waals surface area contributed by atoms with Crippen molar-refractivity contribution in [3.05, 3.63) is 29.8 Å². The van der Waals surface area contributed by atoms with Crippen LogP contribution in [0.25, 0.3) is 0 Å². The summed E-state index contributed by atoms with van der Waals surface area (Å²) < 4.78 is 5.85. The Morgan fingerprint density at radius 2 is 2.21 bits per heavy atom. The molecule has 1 aromatic rings. The van der Waals surface area contributed by atoms with Gasteiger partial charge in [-0.2, -0.15) is 0 Å². The highest BCUT2D eigenvalue weighted by Gasteiger charge is 2.46. The van der Waals surface area contributed by atoms with E-state index >= 15 is 0 Å². The molecule has 1 aromatic carbocycles. The number of nitrogens with zero attached hydrogens (tertiary/aromatic N) is 1. The SMILES string of the molecule is CC1OCCC1(CN)N1CCCCc2ccccc21. The molecule has 2 unspecified atom stereocenters. The van der Waals surface area contributed by atoms with Crippen LogP contribution in [0.3, 0.4) is 0 Å². The van der Waals surface area contributed by atoms with Gasteiger partial charge in [0, 0.05) is 25.4 Å². The first-order valence-electron chi connectivity index (χ1n) is 7.45. The van der Waals surface area contributed by atoms with Crippen LogP contribution in [0.15, 0.2) is 24.3 Å². The van der Waals surface area contributed by atoms with Crippen LogP contribution in [0.2, 0.25) is 0 Å². The number of nitrogens with two attached hydrogens (primary N) is 1. The molecule has 1 fully saturated rings. The molecule has 0 aliphatic carbocycles. The van der Waals surface area contributed by atoms with Gasteiger partial charge in [0.15, 0.2) is 0 Å². The van der Waals surface area contributed by atoms with Crippen LogP contribution in [0.4, 0.5) is 5.69 Å². The van der Waals surface area contributed by atoms with Crippen LogP contribution in [0.5, 0.6) is 0 Å². The predicted molar refractivity (Wildman–Crippen MR) is 78.5 cm³/mol. The van der Waals surface area contributed by atoms with Gasteiger partial charge in [-0.05, 0) is 44.2 Å². The van der Waals surface area contributed by atoms with Crippen LogP contribution >= 0.6 is 0 Å². The average molecular weight is 260 g/mol. The molecule has 0 amide bonds. The number of anilines is 1. The molecule has 3 heteroatoms. The van der Waals surface area contributed by atoms with E-state index in [0.29, 0.717) is 6.54 Å². The minimum absolute atomic E-state index is 0.0134. The second-order valence-electron chi connectivity index (χ2n) is 5.81. The molecule has 2 N–H and O–H groups in total. The van der Waals surface area contributed by atoms with Crippen molar-refractivity contribution in [2.75, 3.05) is 24.6 Å². The lowest BCUT2D eigenvalue weighted by atomic mass is 9.88. The highest BCUT2D eigenvalue weighted by atomic mass is 16.5. The van der Waals surface area contributed by atoms with Crippen molar-refractivity contribution < 1.29 is 4.74 Å². The Bertz CT molecular complexity index is 448. The molecule has 1 saturated heterocycles. The summed E-state index contributed by atoms with van der Waals surface area (Å²) >= 11 is 0. The summed E-state index contributed by atoms with van der Waals surface area (Å²) in [7, 11) is 0. The highest BCUT2D eigenvalue weighted by Crippen LogP contribution is 2.38. The molecule has 0 bridgehead atoms. The fraction of sp³-hybridized carbons (Fsp3) is 0.625. The molecule has 0 spiro atoms. The third-order valence-corrected chi connectivity index (χ3v) is 4.91. The van der Waals surface area contributed by atoms with E-state index in [1.165, 1.54) is 30.5 Å². The maximum atomic E-state index is 6.18. The molecule has 0 radical (unpaired) electrons. The van der Waals surface area contributed by atoms with E-state index in [4.69, 9.17) is 10.5 Å². The maximum Gasteiger partial charge on any atom is 0.0804 e. The Morgan fingerprint density at radius 3 is 2.95 bits per heavy atom. The molecule has 2 heterocycles. The minimum Gasteiger partial charge on any atom is -0.376 e. The summed E-state index contributed by atoms with van der Waals surface area (Å²) in [5.74, 6) is 0. The van der Waals surface area contributed by atoms with Gasteiger partial charge in [-0.1, -0.05) is 18.2 Å². The zero-order valence-corrected chi connectivity index (χ0v) is 11.8. The Balaban J connectivity index is 2.04. The molecule has 0 aromatic heterocycles. The second kappa shape index (κ2) is 5.14. The number of para-hydroxylation sites is 1. The van der Waals surface area contributed by atoms with Gasteiger partial charge in [0.05, 0.1) is 11.6 Å². The van der Waals surface area contributed by atoms with Crippen molar-refractivity contribution in [2.45, 2.75) is 44.2 Å². The van der Waals surface area contributed by atoms with Crippen LogP contribution in [-0.2, 0) is 11.2 Å². The lowest BCUT2D eigenvalue weighted by Crippen LogP contribution is -2.58. The third kappa shape index (κ3) is 2.05. The normalized spacial score (nSPS) is 31.1. The molecular formula is C16H24N2O. The summed E-state index contributed by atoms with van der Waals surface area (Å²) in [6.07, 6.45) is 4.94. The van der Waals surface area contributed by atoms with Crippen molar-refractivity contribution in [2.24, 2.45) is 5.73 Å². The first-order valence-corrected chi connectivity index (χ1v) is 7.45. The molecule has 2 aliphatic heterocycles. The molecule has 3 nitrogen and oxygen atoms in total. The van der Waals surface area contributed by atoms with E-state index in [0.717, 1.165) is 19.6 Å². The van der Waals surface area contributed by atoms with Gasteiger partial charge in [0.2, 0.25) is 0 Å². The quantitative estimate of drug-likeness (QED) is 0.887.